The molecule has 0 radical (unpaired) electrons. The fourth-order valence-electron chi connectivity index (χ4n) is 3.86. The van der Waals surface area contributed by atoms with Gasteiger partial charge in [0.05, 0.1) is 0 Å². The summed E-state index contributed by atoms with van der Waals surface area (Å²) in [6.07, 6.45) is -0.524. The van der Waals surface area contributed by atoms with E-state index in [4.69, 9.17) is 13.9 Å². The van der Waals surface area contributed by atoms with Crippen LogP contribution in [0.1, 0.15) is 27.8 Å². The van der Waals surface area contributed by atoms with E-state index >= 15 is 0 Å². The predicted molar refractivity (Wildman–Crippen MR) is 136 cm³/mol. The van der Waals surface area contributed by atoms with Crippen LogP contribution < -0.4 is 15.7 Å². The minimum absolute atomic E-state index is 0.0708. The molecule has 36 heavy (non-hydrogen) atoms. The molecule has 184 valence electrons. The van der Waals surface area contributed by atoms with Crippen molar-refractivity contribution in [3.8, 4) is 5.75 Å². The second kappa shape index (κ2) is 10.9. The molecule has 1 aromatic heterocycles. The molecule has 0 aliphatic rings. The molecule has 7 heteroatoms. The Morgan fingerprint density at radius 2 is 1.47 bits per heavy atom. The summed E-state index contributed by atoms with van der Waals surface area (Å²) in [6.45, 7) is 5.35. The summed E-state index contributed by atoms with van der Waals surface area (Å²) in [5, 5.41) is 3.40. The van der Waals surface area contributed by atoms with Gasteiger partial charge in [-0.3, -0.25) is 0 Å². The molecule has 0 bridgehead atoms. The van der Waals surface area contributed by atoms with Gasteiger partial charge in [0.2, 0.25) is 0 Å². The third kappa shape index (κ3) is 5.63. The van der Waals surface area contributed by atoms with Gasteiger partial charge in [-0.2, -0.15) is 0 Å². The highest BCUT2D eigenvalue weighted by molar-refractivity contribution is 5.88. The van der Waals surface area contributed by atoms with Crippen molar-refractivity contribution in [1.29, 1.82) is 0 Å². The standard InChI is InChI=1S/C29H27NO6/c1-18-19(2)27(31)36-26-20(3)25(15-14-23(18)26)35-28(32)24(16-21-10-6-4-7-11-21)30-29(33)34-17-22-12-8-5-9-13-22/h4-15,24H,16-17H2,1-3H3,(H,30,33). The van der Waals surface area contributed by atoms with Crippen LogP contribution in [0.15, 0.2) is 82.0 Å². The van der Waals surface area contributed by atoms with Gasteiger partial charge in [-0.15, -0.1) is 0 Å². The third-order valence-corrected chi connectivity index (χ3v) is 6.11. The highest BCUT2D eigenvalue weighted by Crippen LogP contribution is 2.29. The van der Waals surface area contributed by atoms with E-state index in [-0.39, 0.29) is 18.8 Å². The second-order valence-electron chi connectivity index (χ2n) is 8.57. The Labute approximate surface area is 208 Å². The Bertz CT molecular complexity index is 1440. The van der Waals surface area contributed by atoms with Crippen molar-refractivity contribution in [2.75, 3.05) is 0 Å². The number of ether oxygens (including phenoxy) is 2. The molecule has 1 N–H and O–H groups in total. The molecule has 3 aromatic carbocycles. The summed E-state index contributed by atoms with van der Waals surface area (Å²) in [5.41, 5.74) is 3.47. The summed E-state index contributed by atoms with van der Waals surface area (Å²) in [6, 6.07) is 21.0. The van der Waals surface area contributed by atoms with Gasteiger partial charge in [0.1, 0.15) is 24.0 Å². The monoisotopic (exact) mass is 485 g/mol. The number of carbonyl (C=O) groups excluding carboxylic acids is 2. The number of fused-ring (bicyclic) bond motifs is 1. The highest BCUT2D eigenvalue weighted by Gasteiger charge is 2.25. The largest absolute Gasteiger partial charge is 0.445 e. The molecule has 1 unspecified atom stereocenters. The second-order valence-corrected chi connectivity index (χ2v) is 8.57. The average Bonchev–Trinajstić information content (AvgIpc) is 2.89. The molecular formula is C29H27NO6. The van der Waals surface area contributed by atoms with Gasteiger partial charge in [-0.05, 0) is 49.6 Å². The topological polar surface area (TPSA) is 94.8 Å². The van der Waals surface area contributed by atoms with Crippen LogP contribution in [-0.2, 0) is 22.6 Å². The maximum Gasteiger partial charge on any atom is 0.408 e. The van der Waals surface area contributed by atoms with Gasteiger partial charge in [0, 0.05) is 22.9 Å². The van der Waals surface area contributed by atoms with E-state index in [0.29, 0.717) is 16.7 Å². The van der Waals surface area contributed by atoms with Crippen molar-refractivity contribution in [2.45, 2.75) is 39.8 Å². The first-order chi connectivity index (χ1) is 17.3. The van der Waals surface area contributed by atoms with E-state index in [1.165, 1.54) is 0 Å². The van der Waals surface area contributed by atoms with Crippen LogP contribution in [0.3, 0.4) is 0 Å². The fraction of sp³-hybridized carbons (Fsp3) is 0.207. The minimum atomic E-state index is -1.00. The maximum atomic E-state index is 13.2. The first kappa shape index (κ1) is 24.7. The van der Waals surface area contributed by atoms with Crippen molar-refractivity contribution >= 4 is 23.0 Å². The number of nitrogens with one attached hydrogen (secondary N) is 1. The number of benzene rings is 3. The van der Waals surface area contributed by atoms with E-state index in [2.05, 4.69) is 5.32 Å². The molecular weight excluding hydrogens is 458 g/mol. The zero-order valence-corrected chi connectivity index (χ0v) is 20.4. The van der Waals surface area contributed by atoms with Crippen LogP contribution in [0.5, 0.6) is 5.75 Å². The minimum Gasteiger partial charge on any atom is -0.445 e. The number of rotatable bonds is 7. The molecule has 7 nitrogen and oxygen atoms in total. The Morgan fingerprint density at radius 1 is 0.833 bits per heavy atom. The lowest BCUT2D eigenvalue weighted by molar-refractivity contribution is -0.136. The first-order valence-corrected chi connectivity index (χ1v) is 11.6. The Hall–Kier alpha value is -4.39. The molecule has 0 aliphatic carbocycles. The molecule has 1 atom stereocenters. The SMILES string of the molecule is Cc1c(C)c2ccc(OC(=O)C(Cc3ccccc3)NC(=O)OCc3ccccc3)c(C)c2oc1=O. The summed E-state index contributed by atoms with van der Waals surface area (Å²) in [4.78, 5) is 38.0. The summed E-state index contributed by atoms with van der Waals surface area (Å²) < 4.78 is 16.5. The van der Waals surface area contributed by atoms with Crippen LogP contribution in [0.25, 0.3) is 11.0 Å². The predicted octanol–water partition coefficient (Wildman–Crippen LogP) is 5.16. The lowest BCUT2D eigenvalue weighted by atomic mass is 10.0. The Balaban J connectivity index is 1.55. The van der Waals surface area contributed by atoms with Gasteiger partial charge in [-0.25, -0.2) is 14.4 Å². The van der Waals surface area contributed by atoms with Crippen molar-refractivity contribution in [2.24, 2.45) is 0 Å². The number of esters is 1. The number of hydrogen-bond acceptors (Lipinski definition) is 6. The van der Waals surface area contributed by atoms with Crippen molar-refractivity contribution in [1.82, 2.24) is 5.32 Å². The lowest BCUT2D eigenvalue weighted by Gasteiger charge is -2.19. The normalized spacial score (nSPS) is 11.6. The zero-order chi connectivity index (χ0) is 25.7. The molecule has 0 fully saturated rings. The number of hydrogen-bond donors (Lipinski definition) is 1. The van der Waals surface area contributed by atoms with E-state index in [1.54, 1.807) is 26.0 Å². The average molecular weight is 486 g/mol. The van der Waals surface area contributed by atoms with Gasteiger partial charge in [0.15, 0.2) is 0 Å². The van der Waals surface area contributed by atoms with Crippen LogP contribution in [0.4, 0.5) is 4.79 Å². The zero-order valence-electron chi connectivity index (χ0n) is 20.4. The molecule has 4 aromatic rings. The van der Waals surface area contributed by atoms with Gasteiger partial charge < -0.3 is 19.2 Å². The quantitative estimate of drug-likeness (QED) is 0.221. The van der Waals surface area contributed by atoms with Gasteiger partial charge >= 0.3 is 17.7 Å². The molecule has 0 saturated carbocycles. The maximum absolute atomic E-state index is 13.2. The van der Waals surface area contributed by atoms with Gasteiger partial charge in [0.25, 0.3) is 0 Å². The molecule has 0 spiro atoms. The molecule has 0 saturated heterocycles. The molecule has 0 aliphatic heterocycles. The first-order valence-electron chi connectivity index (χ1n) is 11.6. The summed E-state index contributed by atoms with van der Waals surface area (Å²) in [7, 11) is 0. The smallest absolute Gasteiger partial charge is 0.408 e. The van der Waals surface area contributed by atoms with Gasteiger partial charge in [-0.1, -0.05) is 60.7 Å². The Kier molecular flexibility index (Phi) is 7.49. The number of alkyl carbamates (subject to hydrolysis) is 1. The van der Waals surface area contributed by atoms with E-state index in [1.807, 2.05) is 67.6 Å². The Morgan fingerprint density at radius 3 is 2.14 bits per heavy atom. The third-order valence-electron chi connectivity index (χ3n) is 6.11. The number of amides is 1. The lowest BCUT2D eigenvalue weighted by Crippen LogP contribution is -2.44. The molecule has 1 heterocycles. The van der Waals surface area contributed by atoms with Crippen LogP contribution in [0, 0.1) is 20.8 Å². The van der Waals surface area contributed by atoms with Crippen LogP contribution in [0.2, 0.25) is 0 Å². The number of carbonyl (C=O) groups is 2. The molecule has 4 rings (SSSR count). The van der Waals surface area contributed by atoms with E-state index in [9.17, 15) is 14.4 Å². The summed E-state index contributed by atoms with van der Waals surface area (Å²) >= 11 is 0. The van der Waals surface area contributed by atoms with E-state index < -0.39 is 23.7 Å². The number of aryl methyl sites for hydroxylation is 2. The summed E-state index contributed by atoms with van der Waals surface area (Å²) in [5.74, 6) is -0.416. The fourth-order valence-corrected chi connectivity index (χ4v) is 3.86. The van der Waals surface area contributed by atoms with Crippen molar-refractivity contribution in [3.05, 3.63) is 111 Å². The van der Waals surface area contributed by atoms with Crippen molar-refractivity contribution in [3.63, 3.8) is 0 Å². The van der Waals surface area contributed by atoms with Crippen LogP contribution >= 0.6 is 0 Å². The van der Waals surface area contributed by atoms with Crippen molar-refractivity contribution < 1.29 is 23.5 Å². The highest BCUT2D eigenvalue weighted by atomic mass is 16.6. The van der Waals surface area contributed by atoms with Crippen LogP contribution in [-0.4, -0.2) is 18.1 Å². The van der Waals surface area contributed by atoms with E-state index in [0.717, 1.165) is 22.1 Å². The molecule has 1 amide bonds.